The normalized spacial score (nSPS) is 15.9. The highest BCUT2D eigenvalue weighted by molar-refractivity contribution is 5.72. The molecule has 0 heterocycles. The third-order valence-corrected chi connectivity index (χ3v) is 3.45. The van der Waals surface area contributed by atoms with Gasteiger partial charge < -0.3 is 15.2 Å². The molecule has 0 unspecified atom stereocenters. The average molecular weight is 287 g/mol. The Balaban J connectivity index is 1.91. The van der Waals surface area contributed by atoms with Crippen molar-refractivity contribution in [3.63, 3.8) is 0 Å². The quantitative estimate of drug-likeness (QED) is 0.656. The molecule has 1 aromatic carbocycles. The van der Waals surface area contributed by atoms with Gasteiger partial charge in [-0.15, -0.1) is 0 Å². The van der Waals surface area contributed by atoms with Crippen molar-refractivity contribution in [3.8, 4) is 17.6 Å². The van der Waals surface area contributed by atoms with E-state index in [1.54, 1.807) is 0 Å². The molecule has 0 bridgehead atoms. The minimum Gasteiger partial charge on any atom is -0.492 e. The Morgan fingerprint density at radius 1 is 1.43 bits per heavy atom. The second kappa shape index (κ2) is 7.14. The molecular formula is C17H21NO3. The van der Waals surface area contributed by atoms with Gasteiger partial charge in [0.05, 0.1) is 6.54 Å². The van der Waals surface area contributed by atoms with Crippen LogP contribution in [0.1, 0.15) is 38.2 Å². The Hall–Kier alpha value is -1.99. The summed E-state index contributed by atoms with van der Waals surface area (Å²) >= 11 is 0. The van der Waals surface area contributed by atoms with Crippen molar-refractivity contribution in [2.45, 2.75) is 38.2 Å². The van der Waals surface area contributed by atoms with Crippen LogP contribution >= 0.6 is 0 Å². The zero-order chi connectivity index (χ0) is 15.1. The van der Waals surface area contributed by atoms with Gasteiger partial charge in [0.1, 0.15) is 18.0 Å². The molecule has 1 aliphatic rings. The summed E-state index contributed by atoms with van der Waals surface area (Å²) in [7, 11) is 0. The second-order valence-corrected chi connectivity index (χ2v) is 5.35. The zero-order valence-electron chi connectivity index (χ0n) is 12.3. The van der Waals surface area contributed by atoms with Gasteiger partial charge in [-0.05, 0) is 43.9 Å². The zero-order valence-corrected chi connectivity index (χ0v) is 12.3. The highest BCUT2D eigenvalue weighted by Gasteiger charge is 2.28. The van der Waals surface area contributed by atoms with Crippen molar-refractivity contribution in [2.75, 3.05) is 13.2 Å². The van der Waals surface area contributed by atoms with Crippen LogP contribution in [0, 0.1) is 11.8 Å². The minimum atomic E-state index is -0.817. The summed E-state index contributed by atoms with van der Waals surface area (Å²) in [4.78, 5) is 10.7. The predicted octanol–water partition coefficient (Wildman–Crippen LogP) is 1.86. The van der Waals surface area contributed by atoms with Gasteiger partial charge in [-0.3, -0.25) is 4.79 Å². The number of rotatable bonds is 4. The fourth-order valence-corrected chi connectivity index (χ4v) is 2.33. The van der Waals surface area contributed by atoms with E-state index < -0.39 is 5.60 Å². The van der Waals surface area contributed by atoms with Crippen molar-refractivity contribution in [1.29, 1.82) is 0 Å². The smallest absolute Gasteiger partial charge is 0.216 e. The predicted molar refractivity (Wildman–Crippen MR) is 80.9 cm³/mol. The molecule has 4 heteroatoms. The van der Waals surface area contributed by atoms with E-state index in [9.17, 15) is 9.90 Å². The maximum atomic E-state index is 10.7. The van der Waals surface area contributed by atoms with Gasteiger partial charge in [0.25, 0.3) is 0 Å². The molecule has 0 atom stereocenters. The van der Waals surface area contributed by atoms with Crippen molar-refractivity contribution in [1.82, 2.24) is 5.32 Å². The molecule has 0 aromatic heterocycles. The fraction of sp³-hybridized carbons (Fsp3) is 0.471. The fourth-order valence-electron chi connectivity index (χ4n) is 2.33. The molecular weight excluding hydrogens is 266 g/mol. The number of carbonyl (C=O) groups excluding carboxylic acids is 1. The van der Waals surface area contributed by atoms with E-state index in [4.69, 9.17) is 4.74 Å². The molecule has 2 rings (SSSR count). The monoisotopic (exact) mass is 287 g/mol. The van der Waals surface area contributed by atoms with Crippen LogP contribution in [0.15, 0.2) is 24.3 Å². The summed E-state index contributed by atoms with van der Waals surface area (Å²) in [6.07, 6.45) is 3.59. The SMILES string of the molecule is CC(=O)NCCOc1cccc(C#CC2(O)CCCC2)c1. The number of nitrogens with one attached hydrogen (secondary N) is 1. The molecule has 1 amide bonds. The molecule has 0 saturated heterocycles. The summed E-state index contributed by atoms with van der Waals surface area (Å²) in [5.74, 6) is 6.65. The van der Waals surface area contributed by atoms with Crippen LogP contribution in [0.2, 0.25) is 0 Å². The van der Waals surface area contributed by atoms with E-state index in [-0.39, 0.29) is 5.91 Å². The lowest BCUT2D eigenvalue weighted by atomic mass is 10.0. The van der Waals surface area contributed by atoms with Crippen molar-refractivity contribution >= 4 is 5.91 Å². The average Bonchev–Trinajstić information content (AvgIpc) is 2.89. The molecule has 0 aliphatic heterocycles. The van der Waals surface area contributed by atoms with Gasteiger partial charge >= 0.3 is 0 Å². The summed E-state index contributed by atoms with van der Waals surface area (Å²) in [6.45, 7) is 2.37. The van der Waals surface area contributed by atoms with Crippen LogP contribution in [-0.4, -0.2) is 29.8 Å². The molecule has 1 fully saturated rings. The van der Waals surface area contributed by atoms with E-state index in [1.807, 2.05) is 24.3 Å². The molecule has 0 spiro atoms. The molecule has 4 nitrogen and oxygen atoms in total. The van der Waals surface area contributed by atoms with Gasteiger partial charge in [-0.1, -0.05) is 17.9 Å². The van der Waals surface area contributed by atoms with Gasteiger partial charge in [0.2, 0.25) is 5.91 Å². The molecule has 1 aromatic rings. The van der Waals surface area contributed by atoms with Crippen LogP contribution in [0.5, 0.6) is 5.75 Å². The topological polar surface area (TPSA) is 58.6 Å². The largest absolute Gasteiger partial charge is 0.492 e. The molecule has 1 saturated carbocycles. The first-order valence-electron chi connectivity index (χ1n) is 7.30. The number of carbonyl (C=O) groups is 1. The molecule has 21 heavy (non-hydrogen) atoms. The number of amides is 1. The Kier molecular flexibility index (Phi) is 5.24. The van der Waals surface area contributed by atoms with E-state index in [0.29, 0.717) is 18.9 Å². The van der Waals surface area contributed by atoms with E-state index in [0.717, 1.165) is 31.2 Å². The maximum Gasteiger partial charge on any atom is 0.216 e. The van der Waals surface area contributed by atoms with Gasteiger partial charge in [0.15, 0.2) is 0 Å². The Labute approximate surface area is 125 Å². The van der Waals surface area contributed by atoms with Crippen molar-refractivity contribution < 1.29 is 14.6 Å². The highest BCUT2D eigenvalue weighted by atomic mass is 16.5. The summed E-state index contributed by atoms with van der Waals surface area (Å²) in [6, 6.07) is 7.46. The third-order valence-electron chi connectivity index (χ3n) is 3.45. The first kappa shape index (κ1) is 15.4. The lowest BCUT2D eigenvalue weighted by molar-refractivity contribution is -0.119. The molecule has 0 radical (unpaired) electrons. The second-order valence-electron chi connectivity index (χ2n) is 5.35. The lowest BCUT2D eigenvalue weighted by Gasteiger charge is -2.12. The number of hydrogen-bond donors (Lipinski definition) is 2. The minimum absolute atomic E-state index is 0.0666. The summed E-state index contributed by atoms with van der Waals surface area (Å²) < 4.78 is 5.55. The Morgan fingerprint density at radius 2 is 2.19 bits per heavy atom. The Morgan fingerprint density at radius 3 is 2.90 bits per heavy atom. The standard InChI is InChI=1S/C17H21NO3/c1-14(19)18-11-12-21-16-6-4-5-15(13-16)7-10-17(20)8-2-3-9-17/h4-6,13,20H,2-3,8-9,11-12H2,1H3,(H,18,19). The molecule has 112 valence electrons. The van der Waals surface area contributed by atoms with Crippen LogP contribution in [0.4, 0.5) is 0 Å². The molecule has 1 aliphatic carbocycles. The van der Waals surface area contributed by atoms with Crippen LogP contribution in [0.3, 0.4) is 0 Å². The number of hydrogen-bond acceptors (Lipinski definition) is 3. The number of benzene rings is 1. The number of ether oxygens (including phenoxy) is 1. The van der Waals surface area contributed by atoms with Crippen LogP contribution < -0.4 is 10.1 Å². The van der Waals surface area contributed by atoms with Gasteiger partial charge in [-0.25, -0.2) is 0 Å². The van der Waals surface area contributed by atoms with Gasteiger partial charge in [0, 0.05) is 12.5 Å². The van der Waals surface area contributed by atoms with Crippen LogP contribution in [0.25, 0.3) is 0 Å². The lowest BCUT2D eigenvalue weighted by Crippen LogP contribution is -2.25. The van der Waals surface area contributed by atoms with E-state index in [1.165, 1.54) is 6.92 Å². The van der Waals surface area contributed by atoms with E-state index in [2.05, 4.69) is 17.2 Å². The van der Waals surface area contributed by atoms with E-state index >= 15 is 0 Å². The first-order chi connectivity index (χ1) is 10.1. The molecule has 2 N–H and O–H groups in total. The summed E-state index contributed by atoms with van der Waals surface area (Å²) in [5.41, 5.74) is 0.00906. The first-order valence-corrected chi connectivity index (χ1v) is 7.30. The number of aliphatic hydroxyl groups is 1. The van der Waals surface area contributed by atoms with Crippen LogP contribution in [-0.2, 0) is 4.79 Å². The third kappa shape index (κ3) is 5.13. The van der Waals surface area contributed by atoms with Crippen molar-refractivity contribution in [2.24, 2.45) is 0 Å². The Bertz CT molecular complexity index is 551. The van der Waals surface area contributed by atoms with Gasteiger partial charge in [-0.2, -0.15) is 0 Å². The highest BCUT2D eigenvalue weighted by Crippen LogP contribution is 2.28. The maximum absolute atomic E-state index is 10.7. The van der Waals surface area contributed by atoms with Crippen molar-refractivity contribution in [3.05, 3.63) is 29.8 Å². The summed E-state index contributed by atoms with van der Waals surface area (Å²) in [5, 5.41) is 12.9.